The summed E-state index contributed by atoms with van der Waals surface area (Å²) in [4.78, 5) is 16.8. The Morgan fingerprint density at radius 1 is 1.10 bits per heavy atom. The number of aromatic nitrogens is 1. The van der Waals surface area contributed by atoms with Gasteiger partial charge < -0.3 is 15.7 Å². The van der Waals surface area contributed by atoms with Crippen molar-refractivity contribution in [2.75, 3.05) is 5.32 Å². The van der Waals surface area contributed by atoms with E-state index >= 15 is 0 Å². The van der Waals surface area contributed by atoms with Gasteiger partial charge in [-0.1, -0.05) is 52.6 Å². The molecule has 0 radical (unpaired) electrons. The van der Waals surface area contributed by atoms with Crippen LogP contribution in [-0.2, 0) is 4.79 Å². The van der Waals surface area contributed by atoms with Crippen LogP contribution in [0.5, 0.6) is 0 Å². The van der Waals surface area contributed by atoms with Crippen molar-refractivity contribution in [1.82, 2.24) is 10.3 Å². The summed E-state index contributed by atoms with van der Waals surface area (Å²) in [5.74, 6) is -0.994. The largest absolute Gasteiger partial charge is 0.481 e. The standard InChI is InChI=1S/C21H16Cl3N3O2S2/c22-12-3-6-14(7-4-12)31-20-17(2-1-9-25-20)26-21(30)27-18(11-19(28)29)15-8-5-13(23)10-16(15)24/h1-10,18H,11H2,(H,28,29)(H2,26,27,30). The molecule has 3 aromatic rings. The number of benzene rings is 2. The van der Waals surface area contributed by atoms with Crippen molar-refractivity contribution >= 4 is 75.6 Å². The second-order valence-corrected chi connectivity index (χ2v) is 9.08. The van der Waals surface area contributed by atoms with E-state index < -0.39 is 12.0 Å². The summed E-state index contributed by atoms with van der Waals surface area (Å²) in [6, 6.07) is 15.3. The summed E-state index contributed by atoms with van der Waals surface area (Å²) in [6.45, 7) is 0. The lowest BCUT2D eigenvalue weighted by molar-refractivity contribution is -0.137. The molecule has 0 spiro atoms. The van der Waals surface area contributed by atoms with Crippen molar-refractivity contribution in [1.29, 1.82) is 0 Å². The minimum Gasteiger partial charge on any atom is -0.481 e. The van der Waals surface area contributed by atoms with Crippen molar-refractivity contribution in [3.8, 4) is 0 Å². The van der Waals surface area contributed by atoms with Gasteiger partial charge in [-0.2, -0.15) is 0 Å². The third-order valence-corrected chi connectivity index (χ3v) is 6.13. The number of hydrogen-bond acceptors (Lipinski definition) is 4. The van der Waals surface area contributed by atoms with E-state index in [0.717, 1.165) is 4.90 Å². The predicted molar refractivity (Wildman–Crippen MR) is 131 cm³/mol. The highest BCUT2D eigenvalue weighted by atomic mass is 35.5. The van der Waals surface area contributed by atoms with Crippen LogP contribution in [0.4, 0.5) is 5.69 Å². The van der Waals surface area contributed by atoms with Crippen LogP contribution >= 0.6 is 58.8 Å². The summed E-state index contributed by atoms with van der Waals surface area (Å²) in [7, 11) is 0. The lowest BCUT2D eigenvalue weighted by Gasteiger charge is -2.21. The van der Waals surface area contributed by atoms with Gasteiger partial charge in [0.1, 0.15) is 5.03 Å². The zero-order valence-electron chi connectivity index (χ0n) is 15.8. The Morgan fingerprint density at radius 3 is 2.48 bits per heavy atom. The number of halogens is 3. The van der Waals surface area contributed by atoms with Gasteiger partial charge in [-0.05, 0) is 66.3 Å². The van der Waals surface area contributed by atoms with Gasteiger partial charge in [-0.3, -0.25) is 4.79 Å². The molecule has 0 saturated carbocycles. The molecule has 1 atom stereocenters. The molecule has 0 aliphatic carbocycles. The van der Waals surface area contributed by atoms with E-state index in [2.05, 4.69) is 15.6 Å². The molecule has 31 heavy (non-hydrogen) atoms. The highest BCUT2D eigenvalue weighted by molar-refractivity contribution is 7.99. The summed E-state index contributed by atoms with van der Waals surface area (Å²) in [5, 5.41) is 17.9. The maximum Gasteiger partial charge on any atom is 0.305 e. The molecule has 1 heterocycles. The normalized spacial score (nSPS) is 11.6. The summed E-state index contributed by atoms with van der Waals surface area (Å²) in [5.41, 5.74) is 1.26. The molecule has 1 unspecified atom stereocenters. The van der Waals surface area contributed by atoms with Crippen LogP contribution in [0.1, 0.15) is 18.0 Å². The Hall–Kier alpha value is -2.03. The second kappa shape index (κ2) is 11.0. The Morgan fingerprint density at radius 2 is 1.81 bits per heavy atom. The molecule has 0 saturated heterocycles. The number of carboxylic acids is 1. The van der Waals surface area contributed by atoms with E-state index in [1.54, 1.807) is 42.6 Å². The average molecular weight is 513 g/mol. The van der Waals surface area contributed by atoms with E-state index in [4.69, 9.17) is 47.0 Å². The lowest BCUT2D eigenvalue weighted by atomic mass is 10.0. The molecule has 2 aromatic carbocycles. The minimum absolute atomic E-state index is 0.220. The number of thiocarbonyl (C=S) groups is 1. The molecule has 10 heteroatoms. The first-order valence-corrected chi connectivity index (χ1v) is 11.3. The van der Waals surface area contributed by atoms with Gasteiger partial charge >= 0.3 is 5.97 Å². The Labute approximate surface area is 204 Å². The molecule has 160 valence electrons. The Bertz CT molecular complexity index is 1100. The van der Waals surface area contributed by atoms with Crippen molar-refractivity contribution in [3.05, 3.63) is 81.4 Å². The van der Waals surface area contributed by atoms with Gasteiger partial charge in [-0.25, -0.2) is 4.98 Å². The van der Waals surface area contributed by atoms with Crippen molar-refractivity contribution in [3.63, 3.8) is 0 Å². The first-order valence-electron chi connectivity index (χ1n) is 8.94. The maximum absolute atomic E-state index is 11.4. The van der Waals surface area contributed by atoms with Gasteiger partial charge in [0, 0.05) is 26.2 Å². The number of aliphatic carboxylic acids is 1. The number of pyridine rings is 1. The van der Waals surface area contributed by atoms with Crippen LogP contribution in [-0.4, -0.2) is 21.2 Å². The summed E-state index contributed by atoms with van der Waals surface area (Å²) >= 11 is 25.1. The fourth-order valence-corrected chi connectivity index (χ4v) is 4.45. The predicted octanol–water partition coefficient (Wildman–Crippen LogP) is 6.70. The molecule has 3 rings (SSSR count). The van der Waals surface area contributed by atoms with Crippen molar-refractivity contribution in [2.24, 2.45) is 0 Å². The zero-order chi connectivity index (χ0) is 22.4. The SMILES string of the molecule is O=C(O)CC(NC(=S)Nc1cccnc1Sc1ccc(Cl)cc1)c1ccc(Cl)cc1Cl. The molecule has 5 nitrogen and oxygen atoms in total. The number of hydrogen-bond donors (Lipinski definition) is 3. The summed E-state index contributed by atoms with van der Waals surface area (Å²) in [6.07, 6.45) is 1.46. The van der Waals surface area contributed by atoms with E-state index in [1.165, 1.54) is 11.8 Å². The zero-order valence-corrected chi connectivity index (χ0v) is 19.7. The molecule has 0 amide bonds. The topological polar surface area (TPSA) is 74.2 Å². The molecule has 0 fully saturated rings. The van der Waals surface area contributed by atoms with Crippen LogP contribution in [0.15, 0.2) is 70.7 Å². The molecule has 1 aromatic heterocycles. The highest BCUT2D eigenvalue weighted by Crippen LogP contribution is 2.32. The maximum atomic E-state index is 11.4. The number of rotatable bonds is 7. The Balaban J connectivity index is 1.76. The van der Waals surface area contributed by atoms with E-state index in [-0.39, 0.29) is 11.5 Å². The fraction of sp³-hybridized carbons (Fsp3) is 0.0952. The third kappa shape index (κ3) is 6.98. The molecular weight excluding hydrogens is 497 g/mol. The van der Waals surface area contributed by atoms with E-state index in [0.29, 0.717) is 31.3 Å². The van der Waals surface area contributed by atoms with Crippen LogP contribution in [0.3, 0.4) is 0 Å². The first-order chi connectivity index (χ1) is 14.8. The fourth-order valence-electron chi connectivity index (χ4n) is 2.70. The smallest absolute Gasteiger partial charge is 0.305 e. The molecular formula is C21H16Cl3N3O2S2. The molecule has 3 N–H and O–H groups in total. The number of nitrogens with one attached hydrogen (secondary N) is 2. The van der Waals surface area contributed by atoms with Crippen molar-refractivity contribution < 1.29 is 9.90 Å². The van der Waals surface area contributed by atoms with Gasteiger partial charge in [0.2, 0.25) is 0 Å². The third-order valence-electron chi connectivity index (χ3n) is 4.07. The highest BCUT2D eigenvalue weighted by Gasteiger charge is 2.20. The molecule has 0 aliphatic heterocycles. The van der Waals surface area contributed by atoms with Gasteiger partial charge in [-0.15, -0.1) is 0 Å². The Kier molecular flexibility index (Phi) is 8.40. The number of carbonyl (C=O) groups is 1. The molecule has 0 aliphatic rings. The van der Waals surface area contributed by atoms with Crippen LogP contribution in [0, 0.1) is 0 Å². The number of nitrogens with zero attached hydrogens (tertiary/aromatic N) is 1. The second-order valence-electron chi connectivity index (χ2n) is 6.33. The number of carboxylic acid groups (broad SMARTS) is 1. The first kappa shape index (κ1) is 23.6. The summed E-state index contributed by atoms with van der Waals surface area (Å²) < 4.78 is 0. The molecule has 0 bridgehead atoms. The average Bonchev–Trinajstić information content (AvgIpc) is 2.70. The van der Waals surface area contributed by atoms with Crippen molar-refractivity contribution in [2.45, 2.75) is 22.4 Å². The quantitative estimate of drug-likeness (QED) is 0.304. The minimum atomic E-state index is -0.994. The van der Waals surface area contributed by atoms with Crippen LogP contribution in [0.2, 0.25) is 15.1 Å². The van der Waals surface area contributed by atoms with E-state index in [9.17, 15) is 9.90 Å². The van der Waals surface area contributed by atoms with E-state index in [1.807, 2.05) is 18.2 Å². The van der Waals surface area contributed by atoms with Gasteiger partial charge in [0.05, 0.1) is 18.2 Å². The lowest BCUT2D eigenvalue weighted by Crippen LogP contribution is -2.34. The van der Waals surface area contributed by atoms with Crippen LogP contribution < -0.4 is 10.6 Å². The van der Waals surface area contributed by atoms with Gasteiger partial charge in [0.25, 0.3) is 0 Å². The van der Waals surface area contributed by atoms with Crippen LogP contribution in [0.25, 0.3) is 0 Å². The number of anilines is 1. The van der Waals surface area contributed by atoms with Gasteiger partial charge in [0.15, 0.2) is 5.11 Å². The monoisotopic (exact) mass is 511 g/mol.